The second-order valence-electron chi connectivity index (χ2n) is 16.1. The molecule has 518 valence electrons. The minimum atomic E-state index is 0.0741. The molecule has 0 spiro atoms. The summed E-state index contributed by atoms with van der Waals surface area (Å²) in [4.78, 5) is 18.0. The molecule has 3 aromatic heterocycles. The molecule has 9 rings (SSSR count). The summed E-state index contributed by atoms with van der Waals surface area (Å²) < 4.78 is 0. The van der Waals surface area contributed by atoms with Gasteiger partial charge in [-0.2, -0.15) is 68.4 Å². The minimum Gasteiger partial charge on any atom is -0.265 e. The lowest BCUT2D eigenvalue weighted by molar-refractivity contribution is 1.13. The lowest BCUT2D eigenvalue weighted by Crippen LogP contribution is -1.90. The summed E-state index contributed by atoms with van der Waals surface area (Å²) >= 11 is 0. The monoisotopic (exact) mass is 1350 g/mol. The molecule has 6 aromatic carbocycles. The van der Waals surface area contributed by atoms with Crippen LogP contribution in [0.5, 0.6) is 0 Å². The molecular formula is C84H92N18. The average Bonchev–Trinajstić information content (AvgIpc) is 0.847. The molecule has 0 saturated heterocycles. The number of nitrogens with zero attached hydrogens (tertiary/aromatic N) is 18. The molecule has 0 amide bonds. The van der Waals surface area contributed by atoms with Gasteiger partial charge in [-0.3, -0.25) is 9.97 Å². The fraction of sp³-hybridized carbons (Fsp3) is 0.238. The fourth-order valence-electron chi connectivity index (χ4n) is 5.67. The Morgan fingerprint density at radius 1 is 0.275 bits per heavy atom. The molecule has 0 N–H and O–H groups in total. The number of pyridine rings is 2. The van der Waals surface area contributed by atoms with Gasteiger partial charge in [0, 0.05) is 48.3 Å². The zero-order valence-electron chi connectivity index (χ0n) is 62.5. The smallest absolute Gasteiger partial charge is 0.192 e. The molecule has 0 aliphatic carbocycles. The molecule has 0 radical (unpaired) electrons. The van der Waals surface area contributed by atoms with Crippen molar-refractivity contribution in [2.24, 2.45) is 0 Å². The Kier molecular flexibility index (Phi) is 80.3. The van der Waals surface area contributed by atoms with E-state index in [2.05, 4.69) is 49.9 Å². The third kappa shape index (κ3) is 51.9. The number of aromatic nitrogens is 4. The molecule has 9 aromatic rings. The SMILES string of the molecule is CC.CC.CC.CC.CC.CC.CC.CC.Cc1ccccc1.Cc1ccccc1C#N.Cc1ccncc1.N#Cc1ccc(C#N)cc1.N#Cc1cccc(C#N)c1.N#Cc1ccccc1C#N.N#Cc1cncc(C#N)c1.N#Cc1nccnc1C#N.[C-]#[N+]c1cc(C#N)cc(C#N)c1C. The number of benzene rings is 6. The van der Waals surface area contributed by atoms with E-state index in [0.29, 0.717) is 66.9 Å². The van der Waals surface area contributed by atoms with E-state index in [4.69, 9.17) is 75.0 Å². The summed E-state index contributed by atoms with van der Waals surface area (Å²) in [5.74, 6) is 0. The topological polar surface area (TPSA) is 365 Å². The summed E-state index contributed by atoms with van der Waals surface area (Å²) in [7, 11) is 0. The van der Waals surface area contributed by atoms with E-state index < -0.39 is 0 Å². The standard InChI is InChI=1S/C10H5N3.3C8H4N2.C8H7N.C7H3N3.C7H8.C6H2N4.C6H7N.8C2H6/c1-7-9(6-12)3-8(5-11)4-10(7)13-2;9-5-7-1-2-8(6-10)4-3-7;9-5-7-2-1-3-8(4-7)6-10;9-5-7-3-1-2-4-8(7)6-10;1-7-4-2-3-5-8(7)6-9;8-2-6-1-7(3-9)5-10-4-6;1-7-5-3-2-4-6-7;7-3-5-6(4-8)10-2-1-9-5;1-6-2-4-7-5-3-6;8*1-2/h3-4H,1H3;3*1-4H;2-5H,1H3;1,4-5H;2-6H,1H3;1-2H;2-5H,1H3;8*1-2H3. The molecule has 0 saturated carbocycles. The van der Waals surface area contributed by atoms with E-state index in [9.17, 15) is 0 Å². The highest BCUT2D eigenvalue weighted by Crippen LogP contribution is 2.23. The van der Waals surface area contributed by atoms with Crippen molar-refractivity contribution in [3.63, 3.8) is 0 Å². The van der Waals surface area contributed by atoms with Crippen LogP contribution in [0.25, 0.3) is 4.85 Å². The molecule has 18 heteroatoms. The van der Waals surface area contributed by atoms with Crippen LogP contribution in [-0.4, -0.2) is 19.9 Å². The van der Waals surface area contributed by atoms with Gasteiger partial charge in [-0.25, -0.2) is 14.8 Å². The van der Waals surface area contributed by atoms with E-state index in [1.54, 1.807) is 104 Å². The van der Waals surface area contributed by atoms with Crippen molar-refractivity contribution in [3.8, 4) is 78.9 Å². The van der Waals surface area contributed by atoms with Gasteiger partial charge in [-0.15, -0.1) is 0 Å². The van der Waals surface area contributed by atoms with Gasteiger partial charge >= 0.3 is 0 Å². The molecule has 0 bridgehead atoms. The van der Waals surface area contributed by atoms with Crippen molar-refractivity contribution in [1.29, 1.82) is 68.4 Å². The molecular weight excluding hydrogens is 1260 g/mol. The fourth-order valence-corrected chi connectivity index (χ4v) is 5.67. The predicted molar refractivity (Wildman–Crippen MR) is 406 cm³/mol. The summed E-state index contributed by atoms with van der Waals surface area (Å²) in [6, 6.07) is 70.9. The van der Waals surface area contributed by atoms with Crippen LogP contribution in [0, 0.1) is 182 Å². The third-order valence-corrected chi connectivity index (χ3v) is 10.1. The van der Waals surface area contributed by atoms with Gasteiger partial charge in [0.05, 0.1) is 99.1 Å². The van der Waals surface area contributed by atoms with Crippen molar-refractivity contribution in [2.45, 2.75) is 138 Å². The van der Waals surface area contributed by atoms with Gasteiger partial charge in [0.1, 0.15) is 36.4 Å². The molecule has 102 heavy (non-hydrogen) atoms. The maximum atomic E-state index is 8.70. The first-order valence-corrected chi connectivity index (χ1v) is 32.4. The van der Waals surface area contributed by atoms with Crippen LogP contribution in [0.15, 0.2) is 195 Å². The summed E-state index contributed by atoms with van der Waals surface area (Å²) in [5.41, 5.74) is 10.2. The second-order valence-corrected chi connectivity index (χ2v) is 16.1. The normalized spacial score (nSPS) is 7.27. The van der Waals surface area contributed by atoms with Crippen molar-refractivity contribution in [3.05, 3.63) is 301 Å². The first-order chi connectivity index (χ1) is 49.7. The van der Waals surface area contributed by atoms with Gasteiger partial charge in [-0.1, -0.05) is 183 Å². The van der Waals surface area contributed by atoms with Crippen molar-refractivity contribution in [1.82, 2.24) is 19.9 Å². The Bertz CT molecular complexity index is 3930. The summed E-state index contributed by atoms with van der Waals surface area (Å²) in [6.45, 7) is 46.6. The number of nitriles is 13. The Morgan fingerprint density at radius 2 is 0.608 bits per heavy atom. The van der Waals surface area contributed by atoms with Crippen LogP contribution in [0.2, 0.25) is 0 Å². The molecule has 0 aliphatic heterocycles. The Labute approximate surface area is 609 Å². The molecule has 3 heterocycles. The predicted octanol–water partition coefficient (Wildman–Crippen LogP) is 21.1. The van der Waals surface area contributed by atoms with Crippen LogP contribution in [-0.2, 0) is 0 Å². The minimum absolute atomic E-state index is 0.0741. The maximum Gasteiger partial charge on any atom is 0.192 e. The molecule has 0 atom stereocenters. The van der Waals surface area contributed by atoms with Crippen molar-refractivity contribution < 1.29 is 0 Å². The summed E-state index contributed by atoms with van der Waals surface area (Å²) in [6.07, 6.45) is 9.16. The van der Waals surface area contributed by atoms with Gasteiger partial charge in [0.2, 0.25) is 0 Å². The zero-order chi connectivity index (χ0) is 79.7. The maximum absolute atomic E-state index is 8.70. The largest absolute Gasteiger partial charge is 0.265 e. The van der Waals surface area contributed by atoms with Crippen LogP contribution in [0.4, 0.5) is 5.69 Å². The number of rotatable bonds is 0. The first kappa shape index (κ1) is 104. The van der Waals surface area contributed by atoms with E-state index in [1.807, 2.05) is 240 Å². The second kappa shape index (κ2) is 79.0. The quantitative estimate of drug-likeness (QED) is 0.127. The van der Waals surface area contributed by atoms with Crippen LogP contribution < -0.4 is 0 Å². The molecule has 18 nitrogen and oxygen atoms in total. The Balaban J connectivity index is -0.000000159. The summed E-state index contributed by atoms with van der Waals surface area (Å²) in [5, 5.41) is 110. The number of hydrogen-bond acceptors (Lipinski definition) is 17. The molecule has 0 aliphatic rings. The highest BCUT2D eigenvalue weighted by molar-refractivity contribution is 5.62. The average molecular weight is 1350 g/mol. The van der Waals surface area contributed by atoms with Gasteiger partial charge < -0.3 is 0 Å². The zero-order valence-corrected chi connectivity index (χ0v) is 62.5. The van der Waals surface area contributed by atoms with Gasteiger partial charge in [0.15, 0.2) is 17.1 Å². The van der Waals surface area contributed by atoms with Crippen LogP contribution in [0.1, 0.15) is 206 Å². The van der Waals surface area contributed by atoms with Gasteiger partial charge in [0.25, 0.3) is 0 Å². The van der Waals surface area contributed by atoms with E-state index in [0.717, 1.165) is 11.1 Å². The first-order valence-electron chi connectivity index (χ1n) is 32.4. The van der Waals surface area contributed by atoms with E-state index in [-0.39, 0.29) is 11.4 Å². The lowest BCUT2D eigenvalue weighted by atomic mass is 10.0. The van der Waals surface area contributed by atoms with E-state index >= 15 is 0 Å². The Morgan fingerprint density at radius 3 is 0.892 bits per heavy atom. The van der Waals surface area contributed by atoms with Crippen LogP contribution >= 0.6 is 0 Å². The highest BCUT2D eigenvalue weighted by atomic mass is 14.8. The van der Waals surface area contributed by atoms with Gasteiger partial charge in [-0.05, 0) is 135 Å². The molecule has 0 unspecified atom stereocenters. The number of aryl methyl sites for hydroxylation is 3. The number of hydrogen-bond donors (Lipinski definition) is 0. The van der Waals surface area contributed by atoms with Crippen molar-refractivity contribution in [2.75, 3.05) is 0 Å². The lowest BCUT2D eigenvalue weighted by Gasteiger charge is -1.99. The van der Waals surface area contributed by atoms with Crippen molar-refractivity contribution >= 4 is 5.69 Å². The van der Waals surface area contributed by atoms with Crippen LogP contribution in [0.3, 0.4) is 0 Å². The highest BCUT2D eigenvalue weighted by Gasteiger charge is 2.06. The third-order valence-electron chi connectivity index (χ3n) is 10.1. The Hall–Kier alpha value is -14.4. The van der Waals surface area contributed by atoms with E-state index in [1.165, 1.54) is 54.1 Å². The molecule has 0 fully saturated rings.